The Hall–Kier alpha value is -1.75. The summed E-state index contributed by atoms with van der Waals surface area (Å²) in [5, 5.41) is 9.01. The first kappa shape index (κ1) is 13.3. The Labute approximate surface area is 101 Å². The molecule has 1 aromatic carbocycles. The molecule has 0 saturated heterocycles. The maximum absolute atomic E-state index is 11.0. The maximum Gasteiger partial charge on any atom is 0.407 e. The van der Waals surface area contributed by atoms with Crippen LogP contribution in [0, 0.1) is 0 Å². The molecule has 1 N–H and O–H groups in total. The van der Waals surface area contributed by atoms with Gasteiger partial charge in [0.2, 0.25) is 0 Å². The Morgan fingerprint density at radius 1 is 1.29 bits per heavy atom. The molecule has 0 fully saturated rings. The molecule has 0 radical (unpaired) electrons. The Morgan fingerprint density at radius 2 is 1.94 bits per heavy atom. The van der Waals surface area contributed by atoms with Crippen molar-refractivity contribution in [3.8, 4) is 5.75 Å². The van der Waals surface area contributed by atoms with E-state index < -0.39 is 6.09 Å². The summed E-state index contributed by atoms with van der Waals surface area (Å²) in [7, 11) is 3.14. The van der Waals surface area contributed by atoms with Gasteiger partial charge in [-0.1, -0.05) is 12.1 Å². The Morgan fingerprint density at radius 3 is 2.41 bits per heavy atom. The van der Waals surface area contributed by atoms with Gasteiger partial charge in [-0.3, -0.25) is 0 Å². The van der Waals surface area contributed by atoms with Crippen LogP contribution in [0.1, 0.15) is 5.56 Å². The molecule has 0 aromatic heterocycles. The molecular weight excluding hydrogens is 222 g/mol. The number of benzene rings is 1. The van der Waals surface area contributed by atoms with Gasteiger partial charge in [0.1, 0.15) is 5.75 Å². The van der Waals surface area contributed by atoms with Gasteiger partial charge in [0, 0.05) is 20.2 Å². The molecule has 0 aliphatic carbocycles. The van der Waals surface area contributed by atoms with Crippen LogP contribution in [0.3, 0.4) is 0 Å². The molecular formula is C12H17NO4. The van der Waals surface area contributed by atoms with Crippen LogP contribution in [0.15, 0.2) is 24.3 Å². The Bertz CT molecular complexity index is 350. The number of hydrogen-bond donors (Lipinski definition) is 1. The Balaban J connectivity index is 2.61. The van der Waals surface area contributed by atoms with Crippen LogP contribution in [0.4, 0.5) is 4.79 Å². The summed E-state index contributed by atoms with van der Waals surface area (Å²) in [5.41, 5.74) is 0.921. The average Bonchev–Trinajstić information content (AvgIpc) is 2.35. The van der Waals surface area contributed by atoms with Gasteiger partial charge in [0.15, 0.2) is 0 Å². The van der Waals surface area contributed by atoms with Gasteiger partial charge in [-0.2, -0.15) is 0 Å². The van der Waals surface area contributed by atoms with E-state index in [9.17, 15) is 4.79 Å². The van der Waals surface area contributed by atoms with Crippen molar-refractivity contribution < 1.29 is 19.4 Å². The molecule has 0 heterocycles. The summed E-state index contributed by atoms with van der Waals surface area (Å²) in [4.78, 5) is 12.3. The number of carbonyl (C=O) groups is 1. The van der Waals surface area contributed by atoms with Gasteiger partial charge in [-0.15, -0.1) is 0 Å². The van der Waals surface area contributed by atoms with Gasteiger partial charge in [-0.05, 0) is 17.7 Å². The van der Waals surface area contributed by atoms with Crippen molar-refractivity contribution in [3.05, 3.63) is 29.8 Å². The first-order valence-corrected chi connectivity index (χ1v) is 5.27. The first-order chi connectivity index (χ1) is 8.17. The van der Waals surface area contributed by atoms with Gasteiger partial charge < -0.3 is 19.5 Å². The quantitative estimate of drug-likeness (QED) is 0.822. The summed E-state index contributed by atoms with van der Waals surface area (Å²) in [6, 6.07) is 7.32. The zero-order chi connectivity index (χ0) is 12.7. The number of carboxylic acid groups (broad SMARTS) is 1. The van der Waals surface area contributed by atoms with Crippen LogP contribution in [-0.2, 0) is 11.3 Å². The predicted molar refractivity (Wildman–Crippen MR) is 63.3 cm³/mol. The third-order valence-electron chi connectivity index (χ3n) is 2.37. The highest BCUT2D eigenvalue weighted by Gasteiger charge is 2.11. The van der Waals surface area contributed by atoms with Crippen molar-refractivity contribution in [2.45, 2.75) is 6.54 Å². The summed E-state index contributed by atoms with van der Waals surface area (Å²) in [6.45, 7) is 1.10. The van der Waals surface area contributed by atoms with Crippen molar-refractivity contribution in [1.82, 2.24) is 4.90 Å². The molecule has 5 nitrogen and oxygen atoms in total. The minimum atomic E-state index is -0.946. The van der Waals surface area contributed by atoms with E-state index in [4.69, 9.17) is 14.6 Å². The number of amides is 1. The number of hydrogen-bond acceptors (Lipinski definition) is 3. The minimum absolute atomic E-state index is 0.350. The van der Waals surface area contributed by atoms with Crippen molar-refractivity contribution in [3.63, 3.8) is 0 Å². The lowest BCUT2D eigenvalue weighted by molar-refractivity contribution is 0.115. The number of methoxy groups -OCH3 is 2. The summed E-state index contributed by atoms with van der Waals surface area (Å²) >= 11 is 0. The van der Waals surface area contributed by atoms with Crippen molar-refractivity contribution in [2.24, 2.45) is 0 Å². The molecule has 1 rings (SSSR count). The van der Waals surface area contributed by atoms with E-state index in [1.807, 2.05) is 24.3 Å². The van der Waals surface area contributed by atoms with Crippen LogP contribution < -0.4 is 4.74 Å². The largest absolute Gasteiger partial charge is 0.497 e. The second kappa shape index (κ2) is 6.75. The van der Waals surface area contributed by atoms with Gasteiger partial charge in [0.25, 0.3) is 0 Å². The fourth-order valence-electron chi connectivity index (χ4n) is 1.40. The van der Waals surface area contributed by atoms with E-state index in [1.165, 1.54) is 4.90 Å². The van der Waals surface area contributed by atoms with Crippen LogP contribution in [0.25, 0.3) is 0 Å². The van der Waals surface area contributed by atoms with Crippen LogP contribution in [0.2, 0.25) is 0 Å². The summed E-state index contributed by atoms with van der Waals surface area (Å²) in [6.07, 6.45) is -0.946. The lowest BCUT2D eigenvalue weighted by Gasteiger charge is -2.18. The summed E-state index contributed by atoms with van der Waals surface area (Å²) in [5.74, 6) is 0.757. The van der Waals surface area contributed by atoms with Crippen LogP contribution >= 0.6 is 0 Å². The molecule has 0 aliphatic rings. The van der Waals surface area contributed by atoms with Crippen molar-refractivity contribution in [1.29, 1.82) is 0 Å². The van der Waals surface area contributed by atoms with Crippen molar-refractivity contribution >= 4 is 6.09 Å². The third kappa shape index (κ3) is 4.32. The summed E-state index contributed by atoms with van der Waals surface area (Å²) < 4.78 is 9.91. The smallest absolute Gasteiger partial charge is 0.407 e. The van der Waals surface area contributed by atoms with E-state index >= 15 is 0 Å². The van der Waals surface area contributed by atoms with E-state index in [2.05, 4.69) is 0 Å². The molecule has 0 atom stereocenters. The molecule has 1 amide bonds. The average molecular weight is 239 g/mol. The predicted octanol–water partition coefficient (Wildman–Crippen LogP) is 1.82. The number of ether oxygens (including phenoxy) is 2. The first-order valence-electron chi connectivity index (χ1n) is 5.27. The lowest BCUT2D eigenvalue weighted by Crippen LogP contribution is -2.31. The molecule has 0 bridgehead atoms. The van der Waals surface area contributed by atoms with Crippen LogP contribution in [0.5, 0.6) is 5.75 Å². The number of nitrogens with zero attached hydrogens (tertiary/aromatic N) is 1. The lowest BCUT2D eigenvalue weighted by atomic mass is 10.2. The molecule has 94 valence electrons. The van der Waals surface area contributed by atoms with Gasteiger partial charge >= 0.3 is 6.09 Å². The maximum atomic E-state index is 11.0. The van der Waals surface area contributed by atoms with Crippen molar-refractivity contribution in [2.75, 3.05) is 27.4 Å². The van der Waals surface area contributed by atoms with Gasteiger partial charge in [0.05, 0.1) is 13.7 Å². The third-order valence-corrected chi connectivity index (χ3v) is 2.37. The SMILES string of the molecule is COCCN(Cc1ccc(OC)cc1)C(=O)O. The fraction of sp³-hybridized carbons (Fsp3) is 0.417. The molecule has 5 heteroatoms. The normalized spacial score (nSPS) is 10.0. The van der Waals surface area contributed by atoms with Crippen LogP contribution in [-0.4, -0.2) is 43.5 Å². The second-order valence-electron chi connectivity index (χ2n) is 3.55. The highest BCUT2D eigenvalue weighted by molar-refractivity contribution is 5.65. The topological polar surface area (TPSA) is 59.0 Å². The van der Waals surface area contributed by atoms with E-state index in [1.54, 1.807) is 14.2 Å². The van der Waals surface area contributed by atoms with Gasteiger partial charge in [-0.25, -0.2) is 4.79 Å². The Kier molecular flexibility index (Phi) is 5.29. The number of rotatable bonds is 6. The zero-order valence-corrected chi connectivity index (χ0v) is 10.0. The van der Waals surface area contributed by atoms with E-state index in [-0.39, 0.29) is 0 Å². The standard InChI is InChI=1S/C12H17NO4/c1-16-8-7-13(12(14)15)9-10-3-5-11(17-2)6-4-10/h3-6H,7-9H2,1-2H3,(H,14,15). The molecule has 0 aliphatic heterocycles. The highest BCUT2D eigenvalue weighted by atomic mass is 16.5. The molecule has 17 heavy (non-hydrogen) atoms. The molecule has 0 saturated carbocycles. The zero-order valence-electron chi connectivity index (χ0n) is 10.0. The van der Waals surface area contributed by atoms with E-state index in [0.29, 0.717) is 19.7 Å². The molecule has 0 spiro atoms. The fourth-order valence-corrected chi connectivity index (χ4v) is 1.40. The molecule has 1 aromatic rings. The van der Waals surface area contributed by atoms with E-state index in [0.717, 1.165) is 11.3 Å². The second-order valence-corrected chi connectivity index (χ2v) is 3.55. The minimum Gasteiger partial charge on any atom is -0.497 e. The monoisotopic (exact) mass is 239 g/mol. The highest BCUT2D eigenvalue weighted by Crippen LogP contribution is 2.13. The molecule has 0 unspecified atom stereocenters.